The van der Waals surface area contributed by atoms with E-state index in [4.69, 9.17) is 9.84 Å². The number of ether oxygens (including phenoxy) is 1. The van der Waals surface area contributed by atoms with Gasteiger partial charge < -0.3 is 19.6 Å². The minimum absolute atomic E-state index is 0.00514. The van der Waals surface area contributed by atoms with Crippen molar-refractivity contribution in [2.45, 2.75) is 32.4 Å². The van der Waals surface area contributed by atoms with Gasteiger partial charge in [-0.2, -0.15) is 0 Å². The smallest absolute Gasteiger partial charge is 0.256 e. The van der Waals surface area contributed by atoms with Crippen molar-refractivity contribution >= 4 is 11.8 Å². The Bertz CT molecular complexity index is 904. The van der Waals surface area contributed by atoms with Crippen molar-refractivity contribution in [3.63, 3.8) is 0 Å². The molecule has 0 unspecified atom stereocenters. The van der Waals surface area contributed by atoms with Crippen LogP contribution < -0.4 is 4.74 Å². The molecule has 0 spiro atoms. The monoisotopic (exact) mass is 414 g/mol. The summed E-state index contributed by atoms with van der Waals surface area (Å²) in [6.07, 6.45) is 0.546. The number of hydrogen-bond donors (Lipinski definition) is 1. The van der Waals surface area contributed by atoms with Crippen LogP contribution >= 0.6 is 0 Å². The molecule has 0 bridgehead atoms. The Labute approximate surface area is 175 Å². The van der Waals surface area contributed by atoms with Crippen LogP contribution in [0.2, 0.25) is 0 Å². The number of benzene rings is 2. The van der Waals surface area contributed by atoms with E-state index < -0.39 is 11.7 Å². The highest BCUT2D eigenvalue weighted by Crippen LogP contribution is 2.23. The molecule has 7 heteroatoms. The fourth-order valence-electron chi connectivity index (χ4n) is 3.95. The summed E-state index contributed by atoms with van der Waals surface area (Å²) in [5.74, 6) is -0.769. The van der Waals surface area contributed by atoms with Gasteiger partial charge in [0.15, 0.2) is 0 Å². The fraction of sp³-hybridized carbons (Fsp3) is 0.391. The number of halogens is 1. The quantitative estimate of drug-likeness (QED) is 0.817. The van der Waals surface area contributed by atoms with Gasteiger partial charge in [-0.05, 0) is 50.1 Å². The minimum atomic E-state index is -0.624. The van der Waals surface area contributed by atoms with Crippen molar-refractivity contribution < 1.29 is 23.8 Å². The molecule has 2 atom stereocenters. The number of methoxy groups -OCH3 is 1. The summed E-state index contributed by atoms with van der Waals surface area (Å²) < 4.78 is 19.3. The van der Waals surface area contributed by atoms with Crippen molar-refractivity contribution in [1.82, 2.24) is 9.80 Å². The van der Waals surface area contributed by atoms with Gasteiger partial charge >= 0.3 is 0 Å². The average molecular weight is 414 g/mol. The summed E-state index contributed by atoms with van der Waals surface area (Å²) in [5, 5.41) is 9.03. The van der Waals surface area contributed by atoms with E-state index in [0.717, 1.165) is 5.56 Å². The van der Waals surface area contributed by atoms with Gasteiger partial charge in [0.1, 0.15) is 11.6 Å². The second-order valence-electron chi connectivity index (χ2n) is 7.64. The zero-order valence-electron chi connectivity index (χ0n) is 17.5. The van der Waals surface area contributed by atoms with Crippen LogP contribution in [-0.2, 0) is 6.42 Å². The second kappa shape index (κ2) is 9.26. The molecule has 0 aromatic heterocycles. The highest BCUT2D eigenvalue weighted by atomic mass is 19.1. The van der Waals surface area contributed by atoms with Gasteiger partial charge in [-0.1, -0.05) is 12.1 Å². The Morgan fingerprint density at radius 3 is 2.23 bits per heavy atom. The number of piperazine rings is 1. The zero-order chi connectivity index (χ0) is 21.8. The predicted octanol–water partition coefficient (Wildman–Crippen LogP) is 2.74. The molecule has 160 valence electrons. The molecule has 1 heterocycles. The van der Waals surface area contributed by atoms with Crippen LogP contribution in [-0.4, -0.2) is 65.6 Å². The van der Waals surface area contributed by atoms with Gasteiger partial charge in [-0.15, -0.1) is 0 Å². The Hall–Kier alpha value is -2.93. The lowest BCUT2D eigenvalue weighted by atomic mass is 10.0. The normalized spacial score (nSPS) is 19.0. The van der Waals surface area contributed by atoms with Gasteiger partial charge in [0.25, 0.3) is 11.8 Å². The van der Waals surface area contributed by atoms with Gasteiger partial charge in [-0.3, -0.25) is 9.59 Å². The van der Waals surface area contributed by atoms with Crippen molar-refractivity contribution in [3.05, 3.63) is 65.0 Å². The average Bonchev–Trinajstić information content (AvgIpc) is 2.73. The maximum absolute atomic E-state index is 14.3. The summed E-state index contributed by atoms with van der Waals surface area (Å²) in [5.41, 5.74) is 1.53. The summed E-state index contributed by atoms with van der Waals surface area (Å²) in [7, 11) is 1.44. The first-order chi connectivity index (χ1) is 14.3. The third-order valence-corrected chi connectivity index (χ3v) is 5.45. The van der Waals surface area contributed by atoms with Gasteiger partial charge in [-0.25, -0.2) is 4.39 Å². The van der Waals surface area contributed by atoms with Crippen molar-refractivity contribution in [2.75, 3.05) is 26.8 Å². The molecule has 2 aromatic rings. The van der Waals surface area contributed by atoms with Crippen molar-refractivity contribution in [3.8, 4) is 5.75 Å². The highest BCUT2D eigenvalue weighted by Gasteiger charge is 2.36. The number of carbonyl (C=O) groups is 2. The Morgan fingerprint density at radius 1 is 1.07 bits per heavy atom. The van der Waals surface area contributed by atoms with Gasteiger partial charge in [0, 0.05) is 43.4 Å². The van der Waals surface area contributed by atoms with Crippen molar-refractivity contribution in [2.24, 2.45) is 0 Å². The number of hydrogen-bond acceptors (Lipinski definition) is 4. The maximum atomic E-state index is 14.3. The molecule has 1 N–H and O–H groups in total. The number of nitrogens with zero attached hydrogens (tertiary/aromatic N) is 2. The third kappa shape index (κ3) is 4.46. The van der Waals surface area contributed by atoms with Crippen LogP contribution in [0.1, 0.15) is 40.1 Å². The lowest BCUT2D eigenvalue weighted by Gasteiger charge is -2.44. The second-order valence-corrected chi connectivity index (χ2v) is 7.64. The van der Waals surface area contributed by atoms with Crippen LogP contribution in [0.4, 0.5) is 4.39 Å². The number of aliphatic hydroxyl groups excluding tert-OH is 1. The van der Waals surface area contributed by atoms with Gasteiger partial charge in [0.2, 0.25) is 0 Å². The molecule has 0 aliphatic carbocycles. The number of amides is 2. The zero-order valence-corrected chi connectivity index (χ0v) is 17.5. The molecule has 1 saturated heterocycles. The highest BCUT2D eigenvalue weighted by molar-refractivity contribution is 5.96. The lowest BCUT2D eigenvalue weighted by Crippen LogP contribution is -2.59. The number of carbonyl (C=O) groups excluding carboxylic acids is 2. The first-order valence-corrected chi connectivity index (χ1v) is 10.0. The molecule has 0 radical (unpaired) electrons. The van der Waals surface area contributed by atoms with E-state index in [1.54, 1.807) is 28.0 Å². The summed E-state index contributed by atoms with van der Waals surface area (Å²) in [6.45, 7) is 4.48. The Balaban J connectivity index is 1.73. The van der Waals surface area contributed by atoms with E-state index in [0.29, 0.717) is 30.8 Å². The number of rotatable bonds is 5. The van der Waals surface area contributed by atoms with E-state index in [-0.39, 0.29) is 30.2 Å². The molecular formula is C23H27FN2O4. The van der Waals surface area contributed by atoms with E-state index in [2.05, 4.69) is 0 Å². The maximum Gasteiger partial charge on any atom is 0.256 e. The van der Waals surface area contributed by atoms with E-state index in [1.165, 1.54) is 19.2 Å². The molecule has 1 aliphatic rings. The SMILES string of the molecule is COc1ccc(C(=O)N2C[C@@H](C)N(C(=O)c3ccc(CCO)cc3)[C@H](C)C2)c(F)c1. The summed E-state index contributed by atoms with van der Waals surface area (Å²) >= 11 is 0. The number of aliphatic hydroxyl groups is 1. The lowest BCUT2D eigenvalue weighted by molar-refractivity contribution is 0.0252. The first kappa shape index (κ1) is 21.8. The minimum Gasteiger partial charge on any atom is -0.497 e. The van der Waals surface area contributed by atoms with Crippen LogP contribution in [0.3, 0.4) is 0 Å². The largest absolute Gasteiger partial charge is 0.497 e. The molecule has 1 aliphatic heterocycles. The van der Waals surface area contributed by atoms with E-state index >= 15 is 0 Å². The summed E-state index contributed by atoms with van der Waals surface area (Å²) in [4.78, 5) is 29.3. The molecule has 30 heavy (non-hydrogen) atoms. The topological polar surface area (TPSA) is 70.1 Å². The van der Waals surface area contributed by atoms with Crippen LogP contribution in [0.15, 0.2) is 42.5 Å². The molecule has 6 nitrogen and oxygen atoms in total. The van der Waals surface area contributed by atoms with E-state index in [9.17, 15) is 14.0 Å². The summed E-state index contributed by atoms with van der Waals surface area (Å²) in [6, 6.07) is 10.9. The molecule has 2 aromatic carbocycles. The fourth-order valence-corrected chi connectivity index (χ4v) is 3.95. The van der Waals surface area contributed by atoms with E-state index in [1.807, 2.05) is 26.0 Å². The Morgan fingerprint density at radius 2 is 1.70 bits per heavy atom. The van der Waals surface area contributed by atoms with Crippen LogP contribution in [0.5, 0.6) is 5.75 Å². The predicted molar refractivity (Wildman–Crippen MR) is 111 cm³/mol. The molecule has 2 amide bonds. The standard InChI is InChI=1S/C23H27FN2O4/c1-15-13-25(23(29)20-9-8-19(30-3)12-21(20)24)14-16(2)26(15)22(28)18-6-4-17(5-7-18)10-11-27/h4-9,12,15-16,27H,10-11,13-14H2,1-3H3/t15-,16-/m1/s1. The molecular weight excluding hydrogens is 387 g/mol. The van der Waals surface area contributed by atoms with Crippen molar-refractivity contribution in [1.29, 1.82) is 0 Å². The molecule has 0 saturated carbocycles. The molecule has 3 rings (SSSR count). The van der Waals surface area contributed by atoms with Crippen LogP contribution in [0.25, 0.3) is 0 Å². The molecule has 1 fully saturated rings. The first-order valence-electron chi connectivity index (χ1n) is 10.0. The van der Waals surface area contributed by atoms with Gasteiger partial charge in [0.05, 0.1) is 12.7 Å². The van der Waals surface area contributed by atoms with Crippen LogP contribution in [0, 0.1) is 5.82 Å². The Kier molecular flexibility index (Phi) is 6.72. The third-order valence-electron chi connectivity index (χ3n) is 5.45.